The first kappa shape index (κ1) is 20.5. The van der Waals surface area contributed by atoms with Crippen LogP contribution in [0.1, 0.15) is 48.0 Å². The van der Waals surface area contributed by atoms with Crippen molar-refractivity contribution in [3.05, 3.63) is 29.3 Å². The maximum Gasteiger partial charge on any atom is 0.255 e. The number of amides is 3. The number of carbonyl (C=O) groups excluding carboxylic acids is 3. The monoisotopic (exact) mass is 427 g/mol. The molecule has 3 saturated heterocycles. The van der Waals surface area contributed by atoms with Gasteiger partial charge in [0.25, 0.3) is 5.91 Å². The van der Waals surface area contributed by atoms with Gasteiger partial charge in [0.2, 0.25) is 11.8 Å². The van der Waals surface area contributed by atoms with E-state index in [-0.39, 0.29) is 24.1 Å². The second-order valence-corrected chi connectivity index (χ2v) is 9.08. The Labute approximate surface area is 181 Å². The smallest absolute Gasteiger partial charge is 0.255 e. The summed E-state index contributed by atoms with van der Waals surface area (Å²) >= 11 is 0. The quantitative estimate of drug-likeness (QED) is 0.689. The number of nitrogens with zero attached hydrogens (tertiary/aromatic N) is 2. The van der Waals surface area contributed by atoms with Crippen LogP contribution in [0.5, 0.6) is 5.75 Å². The minimum Gasteiger partial charge on any atom is -0.492 e. The topological polar surface area (TPSA) is 88.2 Å². The highest BCUT2D eigenvalue weighted by Crippen LogP contribution is 2.30. The minimum absolute atomic E-state index is 0.155. The molecule has 4 aliphatic heterocycles. The molecule has 2 atom stereocenters. The van der Waals surface area contributed by atoms with Crippen LogP contribution in [0.15, 0.2) is 18.2 Å². The molecule has 0 spiro atoms. The van der Waals surface area contributed by atoms with Crippen LogP contribution in [0.4, 0.5) is 0 Å². The van der Waals surface area contributed by atoms with E-state index in [9.17, 15) is 14.4 Å². The van der Waals surface area contributed by atoms with Crippen LogP contribution >= 0.6 is 0 Å². The van der Waals surface area contributed by atoms with E-state index in [1.807, 2.05) is 12.1 Å². The van der Waals surface area contributed by atoms with Gasteiger partial charge in [0.1, 0.15) is 18.4 Å². The summed E-state index contributed by atoms with van der Waals surface area (Å²) in [6.07, 6.45) is 4.24. The van der Waals surface area contributed by atoms with Gasteiger partial charge in [0.15, 0.2) is 0 Å². The molecule has 8 nitrogen and oxygen atoms in total. The van der Waals surface area contributed by atoms with Crippen molar-refractivity contribution in [3.8, 4) is 5.75 Å². The molecule has 31 heavy (non-hydrogen) atoms. The van der Waals surface area contributed by atoms with Gasteiger partial charge in [0.05, 0.1) is 13.2 Å². The fourth-order valence-electron chi connectivity index (χ4n) is 5.04. The summed E-state index contributed by atoms with van der Waals surface area (Å²) in [4.78, 5) is 40.6. The van der Waals surface area contributed by atoms with Gasteiger partial charge in [-0.1, -0.05) is 6.42 Å². The Bertz CT molecular complexity index is 884. The third kappa shape index (κ3) is 4.19. The third-order valence-electron chi connectivity index (χ3n) is 6.89. The Balaban J connectivity index is 1.22. The van der Waals surface area contributed by atoms with Gasteiger partial charge < -0.3 is 14.4 Å². The molecule has 166 valence electrons. The Morgan fingerprint density at radius 1 is 1.13 bits per heavy atom. The normalized spacial score (nSPS) is 27.1. The van der Waals surface area contributed by atoms with Crippen LogP contribution < -0.4 is 10.1 Å². The number of hydrogen-bond acceptors (Lipinski definition) is 6. The molecule has 4 heterocycles. The molecular formula is C23H29N3O5. The van der Waals surface area contributed by atoms with Crippen LogP contribution in [-0.4, -0.2) is 72.5 Å². The largest absolute Gasteiger partial charge is 0.492 e. The molecule has 0 aliphatic carbocycles. The zero-order chi connectivity index (χ0) is 21.4. The number of piperidine rings is 2. The third-order valence-corrected chi connectivity index (χ3v) is 6.89. The standard InChI is InChI=1S/C23H29N3O5/c27-21-7-6-20(22(28)24-21)26-11-16-9-18(4-5-19(16)23(26)29)31-14-17-3-1-2-8-25(17)10-15-12-30-13-15/h4-5,9,15,17,20H,1-3,6-8,10-14H2,(H,24,27,28). The van der Waals surface area contributed by atoms with Crippen molar-refractivity contribution >= 4 is 17.7 Å². The van der Waals surface area contributed by atoms with Crippen molar-refractivity contribution in [2.24, 2.45) is 5.92 Å². The average molecular weight is 428 g/mol. The maximum atomic E-state index is 12.8. The summed E-state index contributed by atoms with van der Waals surface area (Å²) in [5.74, 6) is 0.585. The summed E-state index contributed by atoms with van der Waals surface area (Å²) in [7, 11) is 0. The molecule has 1 aromatic carbocycles. The van der Waals surface area contributed by atoms with Gasteiger partial charge in [-0.05, 0) is 49.6 Å². The second-order valence-electron chi connectivity index (χ2n) is 9.08. The molecule has 1 N–H and O–H groups in total. The number of fused-ring (bicyclic) bond motifs is 1. The van der Waals surface area contributed by atoms with Gasteiger partial charge in [-0.3, -0.25) is 24.6 Å². The highest BCUT2D eigenvalue weighted by atomic mass is 16.5. The number of hydrogen-bond donors (Lipinski definition) is 1. The highest BCUT2D eigenvalue weighted by molar-refractivity contribution is 6.05. The fourth-order valence-corrected chi connectivity index (χ4v) is 5.04. The lowest BCUT2D eigenvalue weighted by Gasteiger charge is -2.39. The van der Waals surface area contributed by atoms with E-state index in [0.717, 1.165) is 44.0 Å². The zero-order valence-electron chi connectivity index (χ0n) is 17.7. The number of likely N-dealkylation sites (tertiary alicyclic amines) is 1. The maximum absolute atomic E-state index is 12.8. The van der Waals surface area contributed by atoms with Crippen molar-refractivity contribution < 1.29 is 23.9 Å². The Kier molecular flexibility index (Phi) is 5.67. The Hall–Kier alpha value is -2.45. The van der Waals surface area contributed by atoms with E-state index in [0.29, 0.717) is 37.1 Å². The molecule has 0 saturated carbocycles. The summed E-state index contributed by atoms with van der Waals surface area (Å²) in [6, 6.07) is 5.38. The number of benzene rings is 1. The second kappa shape index (κ2) is 8.59. The summed E-state index contributed by atoms with van der Waals surface area (Å²) < 4.78 is 11.5. The lowest BCUT2D eigenvalue weighted by molar-refractivity contribution is -0.136. The van der Waals surface area contributed by atoms with Gasteiger partial charge in [0, 0.05) is 37.0 Å². The molecule has 0 aromatic heterocycles. The summed E-state index contributed by atoms with van der Waals surface area (Å²) in [5.41, 5.74) is 1.49. The molecular weight excluding hydrogens is 398 g/mol. The first-order chi connectivity index (χ1) is 15.1. The van der Waals surface area contributed by atoms with Crippen molar-refractivity contribution in [3.63, 3.8) is 0 Å². The van der Waals surface area contributed by atoms with E-state index in [4.69, 9.17) is 9.47 Å². The van der Waals surface area contributed by atoms with Crippen molar-refractivity contribution in [1.29, 1.82) is 0 Å². The van der Waals surface area contributed by atoms with Gasteiger partial charge in [-0.15, -0.1) is 0 Å². The van der Waals surface area contributed by atoms with Crippen LogP contribution in [-0.2, 0) is 20.9 Å². The fraction of sp³-hybridized carbons (Fsp3) is 0.609. The first-order valence-electron chi connectivity index (χ1n) is 11.3. The molecule has 3 amide bonds. The van der Waals surface area contributed by atoms with Crippen LogP contribution in [0.3, 0.4) is 0 Å². The Morgan fingerprint density at radius 3 is 2.77 bits per heavy atom. The molecule has 1 aromatic rings. The molecule has 5 rings (SSSR count). The van der Waals surface area contributed by atoms with Gasteiger partial charge in [-0.25, -0.2) is 0 Å². The number of nitrogens with one attached hydrogen (secondary N) is 1. The van der Waals surface area contributed by atoms with E-state index in [2.05, 4.69) is 10.2 Å². The van der Waals surface area contributed by atoms with Crippen LogP contribution in [0.25, 0.3) is 0 Å². The SMILES string of the molecule is O=C1CCC(N2Cc3cc(OCC4CCCCN4CC4COC4)ccc3C2=O)C(=O)N1. The molecule has 0 bridgehead atoms. The van der Waals surface area contributed by atoms with E-state index >= 15 is 0 Å². The predicted molar refractivity (Wildman–Crippen MR) is 112 cm³/mol. The van der Waals surface area contributed by atoms with Crippen molar-refractivity contribution in [2.75, 3.05) is 32.9 Å². The van der Waals surface area contributed by atoms with Crippen molar-refractivity contribution in [2.45, 2.75) is 50.7 Å². The Morgan fingerprint density at radius 2 is 2.00 bits per heavy atom. The average Bonchev–Trinajstić information content (AvgIpc) is 3.05. The van der Waals surface area contributed by atoms with Crippen LogP contribution in [0.2, 0.25) is 0 Å². The summed E-state index contributed by atoms with van der Waals surface area (Å²) in [5, 5.41) is 2.34. The van der Waals surface area contributed by atoms with Crippen LogP contribution in [0, 0.1) is 5.92 Å². The van der Waals surface area contributed by atoms with E-state index in [1.165, 1.54) is 12.8 Å². The number of ether oxygens (including phenoxy) is 2. The van der Waals surface area contributed by atoms with Gasteiger partial charge in [-0.2, -0.15) is 0 Å². The van der Waals surface area contributed by atoms with Crippen molar-refractivity contribution in [1.82, 2.24) is 15.1 Å². The molecule has 3 fully saturated rings. The van der Waals surface area contributed by atoms with E-state index < -0.39 is 6.04 Å². The lowest BCUT2D eigenvalue weighted by Crippen LogP contribution is -2.52. The lowest BCUT2D eigenvalue weighted by atomic mass is 9.99. The minimum atomic E-state index is -0.590. The highest BCUT2D eigenvalue weighted by Gasteiger charge is 2.39. The summed E-state index contributed by atoms with van der Waals surface area (Å²) in [6.45, 7) is 4.93. The number of rotatable bonds is 6. The molecule has 4 aliphatic rings. The number of carbonyl (C=O) groups is 3. The first-order valence-corrected chi connectivity index (χ1v) is 11.3. The molecule has 0 radical (unpaired) electrons. The van der Waals surface area contributed by atoms with E-state index in [1.54, 1.807) is 11.0 Å². The van der Waals surface area contributed by atoms with Gasteiger partial charge >= 0.3 is 0 Å². The predicted octanol–water partition coefficient (Wildman–Crippen LogP) is 1.33. The molecule has 8 heteroatoms. The number of imide groups is 1. The zero-order valence-corrected chi connectivity index (χ0v) is 17.7. The molecule has 2 unspecified atom stereocenters.